The molecule has 0 atom stereocenters. The maximum Gasteiger partial charge on any atom is 0.341 e. The van der Waals surface area contributed by atoms with Gasteiger partial charge in [-0.05, 0) is 24.6 Å². The third-order valence-electron chi connectivity index (χ3n) is 3.56. The van der Waals surface area contributed by atoms with Crippen LogP contribution >= 0.6 is 11.6 Å². The molecule has 0 radical (unpaired) electrons. The molecule has 0 unspecified atom stereocenters. The highest BCUT2D eigenvalue weighted by Crippen LogP contribution is 2.26. The number of rotatable bonds is 5. The third kappa shape index (κ3) is 2.98. The summed E-state index contributed by atoms with van der Waals surface area (Å²) in [7, 11) is 1.56. The minimum Gasteiger partial charge on any atom is -0.462 e. The Bertz CT molecular complexity index is 875. The van der Waals surface area contributed by atoms with Crippen LogP contribution in [0.15, 0.2) is 36.7 Å². The molecule has 0 spiro atoms. The van der Waals surface area contributed by atoms with Gasteiger partial charge in [0.05, 0.1) is 25.1 Å². The van der Waals surface area contributed by atoms with E-state index in [-0.39, 0.29) is 6.61 Å². The van der Waals surface area contributed by atoms with Crippen molar-refractivity contribution in [1.29, 1.82) is 0 Å². The minimum absolute atomic E-state index is 0.217. The molecule has 0 saturated carbocycles. The molecule has 0 fully saturated rings. The van der Waals surface area contributed by atoms with Crippen molar-refractivity contribution in [1.82, 2.24) is 14.6 Å². The van der Waals surface area contributed by atoms with E-state index in [4.69, 9.17) is 21.1 Å². The Balaban J connectivity index is 2.15. The molecule has 0 aliphatic heterocycles. The van der Waals surface area contributed by atoms with E-state index in [1.807, 2.05) is 24.3 Å². The molecule has 1 aromatic carbocycles. The summed E-state index contributed by atoms with van der Waals surface area (Å²) in [5, 5.41) is 5.03. The average molecular weight is 346 g/mol. The lowest BCUT2D eigenvalue weighted by Gasteiger charge is -2.10. The second-order valence-electron chi connectivity index (χ2n) is 5.07. The van der Waals surface area contributed by atoms with Gasteiger partial charge in [0.15, 0.2) is 5.65 Å². The van der Waals surface area contributed by atoms with Crippen molar-refractivity contribution < 1.29 is 14.3 Å². The number of benzene rings is 1. The third-order valence-corrected chi connectivity index (χ3v) is 3.81. The zero-order chi connectivity index (χ0) is 17.1. The van der Waals surface area contributed by atoms with Crippen LogP contribution in [0.25, 0.3) is 16.8 Å². The van der Waals surface area contributed by atoms with Crippen LogP contribution in [0.2, 0.25) is 5.02 Å². The van der Waals surface area contributed by atoms with Crippen molar-refractivity contribution >= 4 is 23.2 Å². The molecule has 3 aromatic rings. The zero-order valence-corrected chi connectivity index (χ0v) is 14.1. The summed E-state index contributed by atoms with van der Waals surface area (Å²) in [6.07, 6.45) is 3.21. The van der Waals surface area contributed by atoms with Gasteiger partial charge in [-0.2, -0.15) is 5.10 Å². The van der Waals surface area contributed by atoms with Crippen molar-refractivity contribution in [2.24, 2.45) is 0 Å². The number of aromatic nitrogens is 3. The number of carbonyl (C=O) groups excluding carboxylic acids is 1. The highest BCUT2D eigenvalue weighted by atomic mass is 35.5. The first-order valence-electron chi connectivity index (χ1n) is 7.43. The lowest BCUT2D eigenvalue weighted by atomic mass is 10.1. The van der Waals surface area contributed by atoms with Crippen LogP contribution in [-0.2, 0) is 16.1 Å². The zero-order valence-electron chi connectivity index (χ0n) is 13.3. The predicted octanol–water partition coefficient (Wildman–Crippen LogP) is 3.37. The van der Waals surface area contributed by atoms with E-state index in [0.29, 0.717) is 28.5 Å². The van der Waals surface area contributed by atoms with Gasteiger partial charge in [0.1, 0.15) is 5.56 Å². The molecule has 7 heteroatoms. The van der Waals surface area contributed by atoms with Gasteiger partial charge >= 0.3 is 5.97 Å². The number of hydrogen-bond acceptors (Lipinski definition) is 5. The normalized spacial score (nSPS) is 11.0. The molecular formula is C17H16ClN3O3. The Kier molecular flexibility index (Phi) is 4.78. The van der Waals surface area contributed by atoms with E-state index in [1.165, 1.54) is 6.20 Å². The second kappa shape index (κ2) is 6.98. The number of carbonyl (C=O) groups is 1. The summed E-state index contributed by atoms with van der Waals surface area (Å²) in [6.45, 7) is 2.26. The van der Waals surface area contributed by atoms with Crippen LogP contribution in [0.5, 0.6) is 0 Å². The van der Waals surface area contributed by atoms with E-state index in [1.54, 1.807) is 24.7 Å². The monoisotopic (exact) mass is 345 g/mol. The summed E-state index contributed by atoms with van der Waals surface area (Å²) in [5.74, 6) is -0.442. The summed E-state index contributed by atoms with van der Waals surface area (Å²) in [4.78, 5) is 16.5. The number of fused-ring (bicyclic) bond motifs is 1. The van der Waals surface area contributed by atoms with Gasteiger partial charge in [0, 0.05) is 23.9 Å². The molecule has 2 aromatic heterocycles. The molecule has 0 aliphatic rings. The number of nitrogens with zero attached hydrogens (tertiary/aromatic N) is 3. The van der Waals surface area contributed by atoms with Crippen molar-refractivity contribution in [2.75, 3.05) is 13.7 Å². The first-order chi connectivity index (χ1) is 11.7. The van der Waals surface area contributed by atoms with Crippen LogP contribution in [-0.4, -0.2) is 34.3 Å². The van der Waals surface area contributed by atoms with Gasteiger partial charge in [-0.15, -0.1) is 0 Å². The molecule has 0 aliphatic carbocycles. The molecule has 0 bridgehead atoms. The molecule has 0 N–H and O–H groups in total. The molecule has 24 heavy (non-hydrogen) atoms. The molecule has 2 heterocycles. The molecule has 6 nitrogen and oxygen atoms in total. The Morgan fingerprint density at radius 1 is 1.25 bits per heavy atom. The van der Waals surface area contributed by atoms with E-state index in [2.05, 4.69) is 10.1 Å². The Morgan fingerprint density at radius 3 is 2.67 bits per heavy atom. The van der Waals surface area contributed by atoms with Crippen LogP contribution in [0.3, 0.4) is 0 Å². The highest BCUT2D eigenvalue weighted by Gasteiger charge is 2.19. The van der Waals surface area contributed by atoms with Crippen LogP contribution in [0, 0.1) is 0 Å². The summed E-state index contributed by atoms with van der Waals surface area (Å²) in [5.41, 5.74) is 3.36. The fraction of sp³-hybridized carbons (Fsp3) is 0.235. The van der Waals surface area contributed by atoms with Crippen molar-refractivity contribution in [3.63, 3.8) is 0 Å². The standard InChI is InChI=1S/C17H16ClN3O3/c1-3-24-17(22)14-8-19-16-13(11-4-6-12(18)7-5-11)9-20-21(16)15(14)10-23-2/h4-9H,3,10H2,1-2H3. The lowest BCUT2D eigenvalue weighted by molar-refractivity contribution is 0.0519. The van der Waals surface area contributed by atoms with Gasteiger partial charge in [-0.25, -0.2) is 14.3 Å². The van der Waals surface area contributed by atoms with Crippen molar-refractivity contribution in [2.45, 2.75) is 13.5 Å². The summed E-state index contributed by atoms with van der Waals surface area (Å²) >= 11 is 5.94. The molecule has 0 amide bonds. The van der Waals surface area contributed by atoms with Gasteiger partial charge in [-0.3, -0.25) is 0 Å². The lowest BCUT2D eigenvalue weighted by Crippen LogP contribution is -2.14. The quantitative estimate of drug-likeness (QED) is 0.663. The van der Waals surface area contributed by atoms with Crippen molar-refractivity contribution in [3.8, 4) is 11.1 Å². The number of hydrogen-bond donors (Lipinski definition) is 0. The van der Waals surface area contributed by atoms with E-state index in [0.717, 1.165) is 11.1 Å². The fourth-order valence-corrected chi connectivity index (χ4v) is 2.59. The van der Waals surface area contributed by atoms with Gasteiger partial charge < -0.3 is 9.47 Å². The van der Waals surface area contributed by atoms with Crippen molar-refractivity contribution in [3.05, 3.63) is 52.9 Å². The number of halogens is 1. The topological polar surface area (TPSA) is 65.7 Å². The van der Waals surface area contributed by atoms with Gasteiger partial charge in [0.2, 0.25) is 0 Å². The first kappa shape index (κ1) is 16.4. The Hall–Kier alpha value is -2.44. The van der Waals surface area contributed by atoms with Crippen LogP contribution in [0.4, 0.5) is 0 Å². The largest absolute Gasteiger partial charge is 0.462 e. The molecule has 0 saturated heterocycles. The molecule has 3 rings (SSSR count). The first-order valence-corrected chi connectivity index (χ1v) is 7.81. The molecule has 124 valence electrons. The van der Waals surface area contributed by atoms with Crippen LogP contribution in [0.1, 0.15) is 23.0 Å². The van der Waals surface area contributed by atoms with E-state index in [9.17, 15) is 4.79 Å². The number of esters is 1. The summed E-state index contributed by atoms with van der Waals surface area (Å²) in [6, 6.07) is 7.42. The van der Waals surface area contributed by atoms with Gasteiger partial charge in [0.25, 0.3) is 0 Å². The fourth-order valence-electron chi connectivity index (χ4n) is 2.47. The number of methoxy groups -OCH3 is 1. The van der Waals surface area contributed by atoms with E-state index < -0.39 is 5.97 Å². The molecular weight excluding hydrogens is 330 g/mol. The van der Waals surface area contributed by atoms with E-state index >= 15 is 0 Å². The predicted molar refractivity (Wildman–Crippen MR) is 90.1 cm³/mol. The second-order valence-corrected chi connectivity index (χ2v) is 5.51. The Morgan fingerprint density at radius 2 is 2.00 bits per heavy atom. The average Bonchev–Trinajstić information content (AvgIpc) is 3.01. The highest BCUT2D eigenvalue weighted by molar-refractivity contribution is 6.30. The smallest absolute Gasteiger partial charge is 0.341 e. The summed E-state index contributed by atoms with van der Waals surface area (Å²) < 4.78 is 11.9. The maximum absolute atomic E-state index is 12.1. The maximum atomic E-state index is 12.1. The Labute approximate surface area is 144 Å². The minimum atomic E-state index is -0.442. The van der Waals surface area contributed by atoms with Gasteiger partial charge in [-0.1, -0.05) is 23.7 Å². The SMILES string of the molecule is CCOC(=O)c1cnc2c(-c3ccc(Cl)cc3)cnn2c1COC. The van der Waals surface area contributed by atoms with Crippen LogP contribution < -0.4 is 0 Å². The number of ether oxygens (including phenoxy) is 2.